The molecule has 0 radical (unpaired) electrons. The molecule has 0 aliphatic carbocycles. The van der Waals surface area contributed by atoms with Crippen LogP contribution in [0.15, 0.2) is 27.2 Å². The Balaban J connectivity index is 1.94. The van der Waals surface area contributed by atoms with E-state index in [4.69, 9.17) is 9.26 Å². The van der Waals surface area contributed by atoms with Gasteiger partial charge in [-0.2, -0.15) is 0 Å². The number of nitrogens with zero attached hydrogens (tertiary/aromatic N) is 1. The van der Waals surface area contributed by atoms with E-state index in [-0.39, 0.29) is 6.61 Å². The van der Waals surface area contributed by atoms with Crippen LogP contribution in [-0.4, -0.2) is 23.6 Å². The Morgan fingerprint density at radius 3 is 2.74 bits per heavy atom. The van der Waals surface area contributed by atoms with Gasteiger partial charge >= 0.3 is 5.97 Å². The van der Waals surface area contributed by atoms with Crippen LogP contribution in [0.1, 0.15) is 34.3 Å². The fourth-order valence-electron chi connectivity index (χ4n) is 1.99. The Hall–Kier alpha value is -2.15. The summed E-state index contributed by atoms with van der Waals surface area (Å²) in [5.74, 6) is -0.642. The first kappa shape index (κ1) is 17.2. The highest BCUT2D eigenvalue weighted by molar-refractivity contribution is 9.10. The molecule has 0 spiro atoms. The second-order valence-corrected chi connectivity index (χ2v) is 5.86. The van der Waals surface area contributed by atoms with Crippen molar-refractivity contribution in [3.63, 3.8) is 0 Å². The number of carbonyl (C=O) groups excluding carboxylic acids is 2. The standard InChI is InChI=1S/C16H17BrN2O4/c1-4-13-15(10(3)23-19-13)16(21)22-8-14(20)18-11-6-5-9(2)12(17)7-11/h5-7H,4,8H2,1-3H3,(H,18,20). The molecule has 0 aliphatic heterocycles. The van der Waals surface area contributed by atoms with Crippen LogP contribution in [-0.2, 0) is 16.0 Å². The van der Waals surface area contributed by atoms with E-state index in [1.165, 1.54) is 0 Å². The predicted molar refractivity (Wildman–Crippen MR) is 88.4 cm³/mol. The molecule has 0 bridgehead atoms. The van der Waals surface area contributed by atoms with Crippen molar-refractivity contribution in [1.82, 2.24) is 5.16 Å². The fraction of sp³-hybridized carbons (Fsp3) is 0.312. The number of hydrogen-bond acceptors (Lipinski definition) is 5. The SMILES string of the molecule is CCc1noc(C)c1C(=O)OCC(=O)Nc1ccc(C)c(Br)c1. The van der Waals surface area contributed by atoms with Crippen LogP contribution < -0.4 is 5.32 Å². The Labute approximate surface area is 142 Å². The van der Waals surface area contributed by atoms with Gasteiger partial charge in [-0.3, -0.25) is 4.79 Å². The number of esters is 1. The summed E-state index contributed by atoms with van der Waals surface area (Å²) in [5.41, 5.74) is 2.50. The third-order valence-corrected chi connectivity index (χ3v) is 4.12. The second kappa shape index (κ2) is 7.41. The Morgan fingerprint density at radius 2 is 2.09 bits per heavy atom. The molecule has 1 aromatic heterocycles. The van der Waals surface area contributed by atoms with Crippen LogP contribution in [0.4, 0.5) is 5.69 Å². The molecular formula is C16H17BrN2O4. The van der Waals surface area contributed by atoms with Crippen LogP contribution in [0, 0.1) is 13.8 Å². The van der Waals surface area contributed by atoms with Crippen molar-refractivity contribution < 1.29 is 18.8 Å². The van der Waals surface area contributed by atoms with E-state index < -0.39 is 11.9 Å². The minimum Gasteiger partial charge on any atom is -0.452 e. The number of halogens is 1. The molecule has 0 saturated heterocycles. The molecule has 23 heavy (non-hydrogen) atoms. The molecule has 7 heteroatoms. The van der Waals surface area contributed by atoms with Crippen LogP contribution in [0.25, 0.3) is 0 Å². The summed E-state index contributed by atoms with van der Waals surface area (Å²) in [5, 5.41) is 6.46. The lowest BCUT2D eigenvalue weighted by atomic mass is 10.1. The monoisotopic (exact) mass is 380 g/mol. The highest BCUT2D eigenvalue weighted by atomic mass is 79.9. The van der Waals surface area contributed by atoms with Gasteiger partial charge in [0.1, 0.15) is 11.3 Å². The van der Waals surface area contributed by atoms with E-state index in [9.17, 15) is 9.59 Å². The molecule has 122 valence electrons. The first-order valence-corrected chi connectivity index (χ1v) is 7.90. The lowest BCUT2D eigenvalue weighted by Crippen LogP contribution is -2.21. The van der Waals surface area contributed by atoms with Crippen molar-refractivity contribution in [2.45, 2.75) is 27.2 Å². The maximum absolute atomic E-state index is 12.1. The molecule has 1 amide bonds. The number of ether oxygens (including phenoxy) is 1. The van der Waals surface area contributed by atoms with Gasteiger partial charge in [0.15, 0.2) is 6.61 Å². The van der Waals surface area contributed by atoms with Gasteiger partial charge in [0.05, 0.1) is 5.69 Å². The van der Waals surface area contributed by atoms with Gasteiger partial charge in [0.2, 0.25) is 0 Å². The van der Waals surface area contributed by atoms with Gasteiger partial charge in [-0.05, 0) is 38.0 Å². The number of anilines is 1. The summed E-state index contributed by atoms with van der Waals surface area (Å²) in [7, 11) is 0. The first-order chi connectivity index (χ1) is 10.9. The highest BCUT2D eigenvalue weighted by Gasteiger charge is 2.21. The number of rotatable bonds is 5. The molecule has 2 rings (SSSR count). The maximum Gasteiger partial charge on any atom is 0.344 e. The number of nitrogens with one attached hydrogen (secondary N) is 1. The van der Waals surface area contributed by atoms with Gasteiger partial charge in [-0.1, -0.05) is 34.1 Å². The lowest BCUT2D eigenvalue weighted by molar-refractivity contribution is -0.119. The van der Waals surface area contributed by atoms with E-state index in [2.05, 4.69) is 26.4 Å². The second-order valence-electron chi connectivity index (χ2n) is 5.00. The number of carbonyl (C=O) groups is 2. The van der Waals surface area contributed by atoms with Crippen LogP contribution >= 0.6 is 15.9 Å². The fourth-order valence-corrected chi connectivity index (χ4v) is 2.37. The highest BCUT2D eigenvalue weighted by Crippen LogP contribution is 2.20. The molecule has 1 heterocycles. The number of benzene rings is 1. The summed E-state index contributed by atoms with van der Waals surface area (Å²) in [6.07, 6.45) is 0.547. The van der Waals surface area contributed by atoms with Gasteiger partial charge in [-0.25, -0.2) is 4.79 Å². The molecule has 6 nitrogen and oxygen atoms in total. The van der Waals surface area contributed by atoms with Crippen molar-refractivity contribution in [1.29, 1.82) is 0 Å². The molecule has 1 N–H and O–H groups in total. The minimum absolute atomic E-state index is 0.290. The predicted octanol–water partition coefficient (Wildman–Crippen LogP) is 3.41. The van der Waals surface area contributed by atoms with Crippen LogP contribution in [0.2, 0.25) is 0 Å². The van der Waals surface area contributed by atoms with E-state index in [0.29, 0.717) is 29.1 Å². The molecule has 0 aliphatic rings. The average Bonchev–Trinajstić information content (AvgIpc) is 2.89. The first-order valence-electron chi connectivity index (χ1n) is 7.10. The minimum atomic E-state index is -0.610. The van der Waals surface area contributed by atoms with Gasteiger partial charge in [-0.15, -0.1) is 0 Å². The topological polar surface area (TPSA) is 81.4 Å². The van der Waals surface area contributed by atoms with Crippen LogP contribution in [0.3, 0.4) is 0 Å². The van der Waals surface area contributed by atoms with E-state index in [1.54, 1.807) is 19.1 Å². The largest absolute Gasteiger partial charge is 0.452 e. The van der Waals surface area contributed by atoms with Crippen molar-refractivity contribution in [2.75, 3.05) is 11.9 Å². The molecule has 0 fully saturated rings. The summed E-state index contributed by atoms with van der Waals surface area (Å²) < 4.78 is 10.9. The van der Waals surface area contributed by atoms with E-state index >= 15 is 0 Å². The van der Waals surface area contributed by atoms with Crippen LogP contribution in [0.5, 0.6) is 0 Å². The summed E-state index contributed by atoms with van der Waals surface area (Å²) in [6.45, 7) is 5.06. The third-order valence-electron chi connectivity index (χ3n) is 3.26. The smallest absolute Gasteiger partial charge is 0.344 e. The molecule has 0 unspecified atom stereocenters. The molecule has 2 aromatic rings. The number of amides is 1. The lowest BCUT2D eigenvalue weighted by Gasteiger charge is -2.08. The number of hydrogen-bond donors (Lipinski definition) is 1. The van der Waals surface area contributed by atoms with Gasteiger partial charge < -0.3 is 14.6 Å². The zero-order chi connectivity index (χ0) is 17.0. The normalized spacial score (nSPS) is 10.4. The van der Waals surface area contributed by atoms with E-state index in [1.807, 2.05) is 19.9 Å². The van der Waals surface area contributed by atoms with Crippen molar-refractivity contribution in [2.24, 2.45) is 0 Å². The molecular weight excluding hydrogens is 364 g/mol. The third kappa shape index (κ3) is 4.19. The Bertz CT molecular complexity index is 740. The molecule has 1 aromatic carbocycles. The molecule has 0 saturated carbocycles. The van der Waals surface area contributed by atoms with Crippen molar-refractivity contribution >= 4 is 33.5 Å². The van der Waals surface area contributed by atoms with E-state index in [0.717, 1.165) is 10.0 Å². The van der Waals surface area contributed by atoms with Crippen molar-refractivity contribution in [3.8, 4) is 0 Å². The average molecular weight is 381 g/mol. The summed E-state index contributed by atoms with van der Waals surface area (Å²) in [6, 6.07) is 5.44. The number of aromatic nitrogens is 1. The summed E-state index contributed by atoms with van der Waals surface area (Å²) in [4.78, 5) is 23.9. The van der Waals surface area contributed by atoms with Gasteiger partial charge in [0, 0.05) is 10.2 Å². The van der Waals surface area contributed by atoms with Gasteiger partial charge in [0.25, 0.3) is 5.91 Å². The molecule has 0 atom stereocenters. The number of aryl methyl sites for hydroxylation is 3. The quantitative estimate of drug-likeness (QED) is 0.803. The zero-order valence-electron chi connectivity index (χ0n) is 13.1. The Morgan fingerprint density at radius 1 is 1.35 bits per heavy atom. The summed E-state index contributed by atoms with van der Waals surface area (Å²) >= 11 is 3.39. The Kier molecular flexibility index (Phi) is 5.54. The maximum atomic E-state index is 12.1. The zero-order valence-corrected chi connectivity index (χ0v) is 14.7. The van der Waals surface area contributed by atoms with Crippen molar-refractivity contribution in [3.05, 3.63) is 45.3 Å².